The quantitative estimate of drug-likeness (QED) is 0.516. The molecule has 0 spiro atoms. The zero-order chi connectivity index (χ0) is 14.5. The fourth-order valence-electron chi connectivity index (χ4n) is 3.03. The number of hydrogen-bond acceptors (Lipinski definition) is 1. The Bertz CT molecular complexity index is 425. The van der Waals surface area contributed by atoms with E-state index in [0.717, 1.165) is 17.3 Å². The predicted molar refractivity (Wildman–Crippen MR) is 95.8 cm³/mol. The number of anilines is 1. The fraction of sp³-hybridized carbons (Fsp3) is 0.647. The first kappa shape index (κ1) is 16.4. The maximum absolute atomic E-state index is 3.65. The molecule has 1 aromatic carbocycles. The van der Waals surface area contributed by atoms with Crippen molar-refractivity contribution in [2.75, 3.05) is 11.4 Å². The SMILES string of the molecule is CC(C)CCN(c1cc(Br)ccc1CBr)C1CCCC1. The van der Waals surface area contributed by atoms with Crippen LogP contribution in [0.25, 0.3) is 0 Å². The number of hydrogen-bond donors (Lipinski definition) is 0. The molecule has 1 fully saturated rings. The Morgan fingerprint density at radius 2 is 1.95 bits per heavy atom. The average Bonchev–Trinajstić information content (AvgIpc) is 2.93. The first-order valence-corrected chi connectivity index (χ1v) is 9.64. The molecule has 1 aliphatic carbocycles. The number of rotatable bonds is 6. The van der Waals surface area contributed by atoms with Crippen molar-refractivity contribution in [2.45, 2.75) is 57.3 Å². The van der Waals surface area contributed by atoms with Crippen LogP contribution in [0.2, 0.25) is 0 Å². The van der Waals surface area contributed by atoms with Crippen molar-refractivity contribution in [2.24, 2.45) is 5.92 Å². The Labute approximate surface area is 140 Å². The van der Waals surface area contributed by atoms with E-state index < -0.39 is 0 Å². The van der Waals surface area contributed by atoms with Crippen molar-refractivity contribution in [3.63, 3.8) is 0 Å². The van der Waals surface area contributed by atoms with E-state index >= 15 is 0 Å². The van der Waals surface area contributed by atoms with Gasteiger partial charge in [0.15, 0.2) is 0 Å². The van der Waals surface area contributed by atoms with Crippen LogP contribution in [0.3, 0.4) is 0 Å². The van der Waals surface area contributed by atoms with Gasteiger partial charge in [-0.2, -0.15) is 0 Å². The number of halogens is 2. The van der Waals surface area contributed by atoms with Gasteiger partial charge >= 0.3 is 0 Å². The molecule has 0 bridgehead atoms. The molecule has 3 heteroatoms. The summed E-state index contributed by atoms with van der Waals surface area (Å²) in [7, 11) is 0. The van der Waals surface area contributed by atoms with Gasteiger partial charge in [-0.25, -0.2) is 0 Å². The molecule has 112 valence electrons. The van der Waals surface area contributed by atoms with Crippen LogP contribution in [0.1, 0.15) is 51.5 Å². The van der Waals surface area contributed by atoms with E-state index in [4.69, 9.17) is 0 Å². The van der Waals surface area contributed by atoms with Crippen LogP contribution in [0, 0.1) is 5.92 Å². The monoisotopic (exact) mass is 401 g/mol. The summed E-state index contributed by atoms with van der Waals surface area (Å²) < 4.78 is 1.18. The second-order valence-corrected chi connectivity index (χ2v) is 7.70. The summed E-state index contributed by atoms with van der Waals surface area (Å²) in [6, 6.07) is 7.43. The molecule has 0 aliphatic heterocycles. The Morgan fingerprint density at radius 3 is 2.55 bits per heavy atom. The Morgan fingerprint density at radius 1 is 1.25 bits per heavy atom. The standard InChI is InChI=1S/C17H25Br2N/c1-13(2)9-10-20(16-5-3-4-6-16)17-11-15(19)8-7-14(17)12-18/h7-8,11,13,16H,3-6,9-10,12H2,1-2H3. The minimum Gasteiger partial charge on any atom is -0.368 e. The van der Waals surface area contributed by atoms with Crippen LogP contribution in [-0.4, -0.2) is 12.6 Å². The Hall–Kier alpha value is -0.0200. The molecule has 0 heterocycles. The van der Waals surface area contributed by atoms with Crippen LogP contribution in [-0.2, 0) is 5.33 Å². The first-order valence-electron chi connectivity index (χ1n) is 7.73. The lowest BCUT2D eigenvalue weighted by atomic mass is 10.1. The van der Waals surface area contributed by atoms with Crippen molar-refractivity contribution in [3.05, 3.63) is 28.2 Å². The lowest BCUT2D eigenvalue weighted by Gasteiger charge is -2.33. The van der Waals surface area contributed by atoms with Gasteiger partial charge in [-0.15, -0.1) is 0 Å². The van der Waals surface area contributed by atoms with E-state index in [-0.39, 0.29) is 0 Å². The highest BCUT2D eigenvalue weighted by Gasteiger charge is 2.24. The minimum absolute atomic E-state index is 0.737. The fourth-order valence-corrected chi connectivity index (χ4v) is 3.85. The van der Waals surface area contributed by atoms with Crippen molar-refractivity contribution >= 4 is 37.5 Å². The van der Waals surface area contributed by atoms with Gasteiger partial charge in [0, 0.05) is 28.1 Å². The molecule has 0 unspecified atom stereocenters. The maximum atomic E-state index is 3.65. The van der Waals surface area contributed by atoms with Crippen LogP contribution in [0.15, 0.2) is 22.7 Å². The van der Waals surface area contributed by atoms with Gasteiger partial charge in [-0.05, 0) is 42.9 Å². The molecule has 1 aromatic rings. The van der Waals surface area contributed by atoms with Crippen LogP contribution >= 0.6 is 31.9 Å². The topological polar surface area (TPSA) is 3.24 Å². The highest BCUT2D eigenvalue weighted by atomic mass is 79.9. The van der Waals surface area contributed by atoms with E-state index in [1.54, 1.807) is 0 Å². The zero-order valence-corrected chi connectivity index (χ0v) is 15.7. The van der Waals surface area contributed by atoms with Crippen LogP contribution < -0.4 is 4.90 Å². The molecular formula is C17H25Br2N. The summed E-state index contributed by atoms with van der Waals surface area (Å²) >= 11 is 7.29. The van der Waals surface area contributed by atoms with Crippen molar-refractivity contribution in [1.29, 1.82) is 0 Å². The molecule has 2 rings (SSSR count). The molecule has 0 radical (unpaired) electrons. The molecule has 0 aromatic heterocycles. The van der Waals surface area contributed by atoms with Gasteiger partial charge in [0.05, 0.1) is 0 Å². The van der Waals surface area contributed by atoms with E-state index in [0.29, 0.717) is 0 Å². The molecule has 0 saturated heterocycles. The molecule has 0 N–H and O–H groups in total. The molecule has 1 saturated carbocycles. The van der Waals surface area contributed by atoms with Crippen LogP contribution in [0.4, 0.5) is 5.69 Å². The summed E-state index contributed by atoms with van der Waals surface area (Å²) in [5.41, 5.74) is 2.83. The van der Waals surface area contributed by atoms with Gasteiger partial charge < -0.3 is 4.90 Å². The third kappa shape index (κ3) is 4.24. The lowest BCUT2D eigenvalue weighted by molar-refractivity contribution is 0.528. The molecule has 20 heavy (non-hydrogen) atoms. The molecule has 1 aliphatic rings. The van der Waals surface area contributed by atoms with Crippen molar-refractivity contribution < 1.29 is 0 Å². The second kappa shape index (κ2) is 7.84. The predicted octanol–water partition coefficient (Wildman–Crippen LogP) is 6.14. The van der Waals surface area contributed by atoms with Gasteiger partial charge in [0.25, 0.3) is 0 Å². The Kier molecular flexibility index (Phi) is 6.41. The summed E-state index contributed by atoms with van der Waals surface area (Å²) in [5, 5.41) is 0.931. The Balaban J connectivity index is 2.26. The number of nitrogens with zero attached hydrogens (tertiary/aromatic N) is 1. The summed E-state index contributed by atoms with van der Waals surface area (Å²) in [6.45, 7) is 5.82. The maximum Gasteiger partial charge on any atom is 0.0421 e. The van der Waals surface area contributed by atoms with Gasteiger partial charge in [0.1, 0.15) is 0 Å². The van der Waals surface area contributed by atoms with Gasteiger partial charge in [-0.1, -0.05) is 64.6 Å². The smallest absolute Gasteiger partial charge is 0.0421 e. The summed E-state index contributed by atoms with van der Waals surface area (Å²) in [6.07, 6.45) is 6.75. The van der Waals surface area contributed by atoms with Crippen LogP contribution in [0.5, 0.6) is 0 Å². The zero-order valence-electron chi connectivity index (χ0n) is 12.5. The van der Waals surface area contributed by atoms with Gasteiger partial charge in [0.2, 0.25) is 0 Å². The minimum atomic E-state index is 0.737. The third-order valence-corrected chi connectivity index (χ3v) is 5.31. The molecule has 0 atom stereocenters. The normalized spacial score (nSPS) is 16.1. The lowest BCUT2D eigenvalue weighted by Crippen LogP contribution is -2.35. The number of benzene rings is 1. The van der Waals surface area contributed by atoms with Crippen molar-refractivity contribution in [1.82, 2.24) is 0 Å². The highest BCUT2D eigenvalue weighted by Crippen LogP contribution is 2.33. The van der Waals surface area contributed by atoms with E-state index in [9.17, 15) is 0 Å². The van der Waals surface area contributed by atoms with Gasteiger partial charge in [-0.3, -0.25) is 0 Å². The van der Waals surface area contributed by atoms with E-state index in [2.05, 4.69) is 68.8 Å². The second-order valence-electron chi connectivity index (χ2n) is 6.22. The van der Waals surface area contributed by atoms with E-state index in [1.807, 2.05) is 0 Å². The number of alkyl halides is 1. The summed E-state index contributed by atoms with van der Waals surface area (Å²) in [5.74, 6) is 0.762. The molecule has 0 amide bonds. The van der Waals surface area contributed by atoms with E-state index in [1.165, 1.54) is 54.4 Å². The third-order valence-electron chi connectivity index (χ3n) is 4.21. The molecular weight excluding hydrogens is 378 g/mol. The molecule has 1 nitrogen and oxygen atoms in total. The first-order chi connectivity index (χ1) is 9.61. The largest absolute Gasteiger partial charge is 0.368 e. The highest BCUT2D eigenvalue weighted by molar-refractivity contribution is 9.10. The van der Waals surface area contributed by atoms with Crippen molar-refractivity contribution in [3.8, 4) is 0 Å². The average molecular weight is 403 g/mol. The summed E-state index contributed by atoms with van der Waals surface area (Å²) in [4.78, 5) is 2.67.